The molecule has 0 aliphatic carbocycles. The fourth-order valence-electron chi connectivity index (χ4n) is 2.29. The Hall–Kier alpha value is -1.07. The molecule has 1 aliphatic heterocycles. The molecular weight excluding hydrogens is 238 g/mol. The zero-order valence-corrected chi connectivity index (χ0v) is 11.3. The van der Waals surface area contributed by atoms with Crippen LogP contribution in [0.5, 0.6) is 5.75 Å². The Labute approximate surface area is 102 Å². The first-order chi connectivity index (χ1) is 7.62. The van der Waals surface area contributed by atoms with E-state index in [1.165, 1.54) is 0 Å². The minimum atomic E-state index is -3.76. The van der Waals surface area contributed by atoms with Gasteiger partial charge in [0.25, 0.3) is 0 Å². The summed E-state index contributed by atoms with van der Waals surface area (Å²) in [5, 5.41) is 5.28. The molecule has 0 aromatic heterocycles. The quantitative estimate of drug-likeness (QED) is 0.829. The van der Waals surface area contributed by atoms with Gasteiger partial charge in [0.15, 0.2) is 0 Å². The van der Waals surface area contributed by atoms with Gasteiger partial charge in [-0.25, -0.2) is 13.6 Å². The lowest BCUT2D eigenvalue weighted by atomic mass is 9.98. The normalized spacial score (nSPS) is 17.7. The van der Waals surface area contributed by atoms with Crippen molar-refractivity contribution in [2.75, 3.05) is 0 Å². The summed E-state index contributed by atoms with van der Waals surface area (Å²) in [7, 11) is -3.76. The van der Waals surface area contributed by atoms with E-state index in [1.54, 1.807) is 6.92 Å². The first-order valence-electron chi connectivity index (χ1n) is 5.47. The molecule has 2 rings (SSSR count). The van der Waals surface area contributed by atoms with Crippen LogP contribution < -0.4 is 9.88 Å². The third-order valence-electron chi connectivity index (χ3n) is 3.10. The SMILES string of the molecule is Cc1cc2c(c(S(N)(=O)=O)c1C)OC(C)(C)C2. The second-order valence-corrected chi connectivity index (χ2v) is 6.72. The van der Waals surface area contributed by atoms with Gasteiger partial charge in [-0.15, -0.1) is 0 Å². The van der Waals surface area contributed by atoms with Crippen molar-refractivity contribution in [2.45, 2.75) is 44.6 Å². The maximum Gasteiger partial charge on any atom is 0.242 e. The van der Waals surface area contributed by atoms with Crippen molar-refractivity contribution in [3.05, 3.63) is 22.8 Å². The van der Waals surface area contributed by atoms with Crippen LogP contribution in [0.3, 0.4) is 0 Å². The summed E-state index contributed by atoms with van der Waals surface area (Å²) in [6.07, 6.45) is 0.700. The zero-order chi connectivity index (χ0) is 13.0. The van der Waals surface area contributed by atoms with E-state index < -0.39 is 10.0 Å². The standard InChI is InChI=1S/C12H17NO3S/c1-7-5-9-6-12(3,4)16-10(9)11(8(7)2)17(13,14)15/h5H,6H2,1-4H3,(H2,13,14,15). The van der Waals surface area contributed by atoms with Gasteiger partial charge in [-0.2, -0.15) is 0 Å². The van der Waals surface area contributed by atoms with Gasteiger partial charge in [-0.05, 0) is 44.4 Å². The average Bonchev–Trinajstić information content (AvgIpc) is 2.38. The maximum absolute atomic E-state index is 11.7. The smallest absolute Gasteiger partial charge is 0.242 e. The second-order valence-electron chi connectivity index (χ2n) is 5.22. The molecule has 0 saturated carbocycles. The third kappa shape index (κ3) is 2.05. The molecule has 1 aliphatic rings. The van der Waals surface area contributed by atoms with Crippen LogP contribution in [0.25, 0.3) is 0 Å². The molecular formula is C12H17NO3S. The summed E-state index contributed by atoms with van der Waals surface area (Å²) >= 11 is 0. The summed E-state index contributed by atoms with van der Waals surface area (Å²) in [5.74, 6) is 0.431. The number of hydrogen-bond acceptors (Lipinski definition) is 3. The topological polar surface area (TPSA) is 69.4 Å². The van der Waals surface area contributed by atoms with Crippen molar-refractivity contribution in [1.82, 2.24) is 0 Å². The van der Waals surface area contributed by atoms with Gasteiger partial charge in [-0.1, -0.05) is 6.07 Å². The summed E-state index contributed by atoms with van der Waals surface area (Å²) in [5.41, 5.74) is 2.14. The van der Waals surface area contributed by atoms with E-state index in [0.29, 0.717) is 17.7 Å². The number of primary sulfonamides is 1. The molecule has 0 atom stereocenters. The van der Waals surface area contributed by atoms with E-state index in [9.17, 15) is 8.42 Å². The Bertz CT molecular complexity index is 588. The van der Waals surface area contributed by atoms with Crippen molar-refractivity contribution in [3.63, 3.8) is 0 Å². The van der Waals surface area contributed by atoms with E-state index in [1.807, 2.05) is 26.8 Å². The molecule has 2 N–H and O–H groups in total. The van der Waals surface area contributed by atoms with Gasteiger partial charge in [0.2, 0.25) is 10.0 Å². The number of fused-ring (bicyclic) bond motifs is 1. The van der Waals surface area contributed by atoms with E-state index in [2.05, 4.69) is 0 Å². The number of hydrogen-bond donors (Lipinski definition) is 1. The van der Waals surface area contributed by atoms with Crippen LogP contribution in [0.1, 0.15) is 30.5 Å². The number of rotatable bonds is 1. The van der Waals surface area contributed by atoms with Gasteiger partial charge in [0, 0.05) is 6.42 Å². The molecule has 0 saturated heterocycles. The summed E-state index contributed by atoms with van der Waals surface area (Å²) in [6.45, 7) is 7.51. The molecule has 1 aromatic rings. The molecule has 17 heavy (non-hydrogen) atoms. The molecule has 0 radical (unpaired) electrons. The fourth-order valence-corrected chi connectivity index (χ4v) is 3.31. The highest BCUT2D eigenvalue weighted by Crippen LogP contribution is 2.41. The van der Waals surface area contributed by atoms with Crippen LogP contribution in [0.2, 0.25) is 0 Å². The third-order valence-corrected chi connectivity index (χ3v) is 4.16. The molecule has 5 heteroatoms. The lowest BCUT2D eigenvalue weighted by molar-refractivity contribution is 0.135. The second kappa shape index (κ2) is 3.46. The highest BCUT2D eigenvalue weighted by molar-refractivity contribution is 7.89. The predicted molar refractivity (Wildman–Crippen MR) is 65.7 cm³/mol. The molecule has 0 amide bonds. The van der Waals surface area contributed by atoms with Crippen LogP contribution >= 0.6 is 0 Å². The Morgan fingerprint density at radius 1 is 1.35 bits per heavy atom. The minimum Gasteiger partial charge on any atom is -0.486 e. The highest BCUT2D eigenvalue weighted by atomic mass is 32.2. The van der Waals surface area contributed by atoms with Crippen LogP contribution in [0.4, 0.5) is 0 Å². The van der Waals surface area contributed by atoms with Gasteiger partial charge in [0.05, 0.1) is 0 Å². The number of sulfonamides is 1. The van der Waals surface area contributed by atoms with Crippen molar-refractivity contribution in [2.24, 2.45) is 5.14 Å². The largest absolute Gasteiger partial charge is 0.486 e. The highest BCUT2D eigenvalue weighted by Gasteiger charge is 2.35. The molecule has 1 aromatic carbocycles. The Morgan fingerprint density at radius 2 is 1.94 bits per heavy atom. The van der Waals surface area contributed by atoms with Gasteiger partial charge < -0.3 is 4.74 Å². The fraction of sp³-hybridized carbons (Fsp3) is 0.500. The molecule has 0 unspecified atom stereocenters. The van der Waals surface area contributed by atoms with E-state index in [-0.39, 0.29) is 10.5 Å². The van der Waals surface area contributed by atoms with Crippen molar-refractivity contribution < 1.29 is 13.2 Å². The number of aryl methyl sites for hydroxylation is 1. The summed E-state index contributed by atoms with van der Waals surface area (Å²) in [6, 6.07) is 1.98. The molecule has 4 nitrogen and oxygen atoms in total. The average molecular weight is 255 g/mol. The first-order valence-corrected chi connectivity index (χ1v) is 7.01. The summed E-state index contributed by atoms with van der Waals surface area (Å²) < 4.78 is 29.1. The Balaban J connectivity index is 2.78. The van der Waals surface area contributed by atoms with E-state index in [4.69, 9.17) is 9.88 Å². The van der Waals surface area contributed by atoms with Gasteiger partial charge in [-0.3, -0.25) is 0 Å². The lowest BCUT2D eigenvalue weighted by Gasteiger charge is -2.18. The minimum absolute atomic E-state index is 0.137. The Kier molecular flexibility index (Phi) is 2.52. The van der Waals surface area contributed by atoms with Crippen LogP contribution in [0.15, 0.2) is 11.0 Å². The number of benzene rings is 1. The summed E-state index contributed by atoms with van der Waals surface area (Å²) in [4.78, 5) is 0.137. The van der Waals surface area contributed by atoms with Crippen molar-refractivity contribution in [1.29, 1.82) is 0 Å². The van der Waals surface area contributed by atoms with Crippen molar-refractivity contribution in [3.8, 4) is 5.75 Å². The molecule has 0 fully saturated rings. The van der Waals surface area contributed by atoms with Gasteiger partial charge in [0.1, 0.15) is 16.2 Å². The molecule has 1 heterocycles. The molecule has 0 spiro atoms. The monoisotopic (exact) mass is 255 g/mol. The van der Waals surface area contributed by atoms with E-state index in [0.717, 1.165) is 11.1 Å². The molecule has 94 valence electrons. The maximum atomic E-state index is 11.7. The van der Waals surface area contributed by atoms with Crippen LogP contribution in [0, 0.1) is 13.8 Å². The van der Waals surface area contributed by atoms with Crippen LogP contribution in [-0.4, -0.2) is 14.0 Å². The first kappa shape index (κ1) is 12.4. The number of ether oxygens (including phenoxy) is 1. The zero-order valence-electron chi connectivity index (χ0n) is 10.5. The number of nitrogens with two attached hydrogens (primary N) is 1. The lowest BCUT2D eigenvalue weighted by Crippen LogP contribution is -2.25. The van der Waals surface area contributed by atoms with E-state index >= 15 is 0 Å². The predicted octanol–water partition coefficient (Wildman–Crippen LogP) is 1.66. The van der Waals surface area contributed by atoms with Crippen molar-refractivity contribution >= 4 is 10.0 Å². The Morgan fingerprint density at radius 3 is 2.47 bits per heavy atom. The van der Waals surface area contributed by atoms with Gasteiger partial charge >= 0.3 is 0 Å². The molecule has 0 bridgehead atoms. The van der Waals surface area contributed by atoms with Crippen LogP contribution in [-0.2, 0) is 16.4 Å².